The van der Waals surface area contributed by atoms with E-state index in [9.17, 15) is 8.42 Å². The Morgan fingerprint density at radius 3 is 2.72 bits per heavy atom. The Kier molecular flexibility index (Phi) is 5.49. The van der Waals surface area contributed by atoms with E-state index in [0.29, 0.717) is 18.0 Å². The lowest BCUT2D eigenvalue weighted by molar-refractivity contribution is 0.233. The third kappa shape index (κ3) is 4.24. The Morgan fingerprint density at radius 2 is 1.97 bits per heavy atom. The van der Waals surface area contributed by atoms with Gasteiger partial charge >= 0.3 is 0 Å². The predicted molar refractivity (Wildman–Crippen MR) is 113 cm³/mol. The van der Waals surface area contributed by atoms with Gasteiger partial charge in [0.25, 0.3) is 10.0 Å². The molecule has 1 saturated heterocycles. The van der Waals surface area contributed by atoms with E-state index < -0.39 is 10.0 Å². The molecule has 1 aliphatic rings. The third-order valence-electron chi connectivity index (χ3n) is 5.11. The van der Waals surface area contributed by atoms with Crippen LogP contribution in [0.3, 0.4) is 0 Å². The first-order valence-electron chi connectivity index (χ1n) is 9.57. The minimum absolute atomic E-state index is 0.208. The SMILES string of the molecule is COc1ccc(C)cc1NS(=O)(=O)c1cc(CN2CCNCC2)c2occc2c1. The third-order valence-corrected chi connectivity index (χ3v) is 6.46. The first-order valence-corrected chi connectivity index (χ1v) is 11.1. The molecule has 154 valence electrons. The molecule has 0 bridgehead atoms. The van der Waals surface area contributed by atoms with Gasteiger partial charge in [-0.1, -0.05) is 6.07 Å². The van der Waals surface area contributed by atoms with Crippen LogP contribution >= 0.6 is 0 Å². The molecular weight excluding hydrogens is 390 g/mol. The molecule has 0 saturated carbocycles. The predicted octanol–water partition coefficient (Wildman–Crippen LogP) is 2.96. The van der Waals surface area contributed by atoms with Gasteiger partial charge in [-0.25, -0.2) is 8.42 Å². The van der Waals surface area contributed by atoms with Crippen molar-refractivity contribution in [3.63, 3.8) is 0 Å². The zero-order valence-electron chi connectivity index (χ0n) is 16.6. The fraction of sp³-hybridized carbons (Fsp3) is 0.333. The van der Waals surface area contributed by atoms with E-state index in [4.69, 9.17) is 9.15 Å². The lowest BCUT2D eigenvalue weighted by Gasteiger charge is -2.27. The summed E-state index contributed by atoms with van der Waals surface area (Å²) in [5.41, 5.74) is 2.96. The quantitative estimate of drug-likeness (QED) is 0.644. The van der Waals surface area contributed by atoms with Gasteiger partial charge in [0.2, 0.25) is 0 Å². The van der Waals surface area contributed by atoms with Crippen molar-refractivity contribution >= 4 is 26.7 Å². The van der Waals surface area contributed by atoms with Crippen molar-refractivity contribution in [1.29, 1.82) is 0 Å². The summed E-state index contributed by atoms with van der Waals surface area (Å²) in [5, 5.41) is 4.10. The number of methoxy groups -OCH3 is 1. The molecule has 29 heavy (non-hydrogen) atoms. The number of piperazine rings is 1. The number of hydrogen-bond acceptors (Lipinski definition) is 6. The molecule has 1 aromatic heterocycles. The van der Waals surface area contributed by atoms with Crippen molar-refractivity contribution in [3.05, 3.63) is 53.8 Å². The number of aryl methyl sites for hydroxylation is 1. The molecule has 0 radical (unpaired) electrons. The molecular formula is C21H25N3O4S. The molecule has 0 aliphatic carbocycles. The molecule has 1 aliphatic heterocycles. The van der Waals surface area contributed by atoms with Gasteiger partial charge in [-0.2, -0.15) is 0 Å². The second-order valence-corrected chi connectivity index (χ2v) is 8.94. The summed E-state index contributed by atoms with van der Waals surface area (Å²) in [4.78, 5) is 2.50. The summed E-state index contributed by atoms with van der Waals surface area (Å²) in [6.45, 7) is 6.22. The van der Waals surface area contributed by atoms with Crippen molar-refractivity contribution in [2.75, 3.05) is 38.0 Å². The molecule has 0 spiro atoms. The lowest BCUT2D eigenvalue weighted by Crippen LogP contribution is -2.42. The van der Waals surface area contributed by atoms with E-state index in [-0.39, 0.29) is 4.90 Å². The van der Waals surface area contributed by atoms with Gasteiger partial charge in [0, 0.05) is 43.7 Å². The number of anilines is 1. The average molecular weight is 416 g/mol. The number of ether oxygens (including phenoxy) is 1. The number of fused-ring (bicyclic) bond motifs is 1. The first-order chi connectivity index (χ1) is 14.0. The highest BCUT2D eigenvalue weighted by molar-refractivity contribution is 7.92. The van der Waals surface area contributed by atoms with Crippen LogP contribution < -0.4 is 14.8 Å². The van der Waals surface area contributed by atoms with Gasteiger partial charge in [0.05, 0.1) is 24.0 Å². The van der Waals surface area contributed by atoms with Crippen molar-refractivity contribution in [3.8, 4) is 5.75 Å². The van der Waals surface area contributed by atoms with E-state index in [1.807, 2.05) is 13.0 Å². The Morgan fingerprint density at radius 1 is 1.17 bits per heavy atom. The topological polar surface area (TPSA) is 83.8 Å². The van der Waals surface area contributed by atoms with Crippen LogP contribution in [0.2, 0.25) is 0 Å². The molecule has 4 rings (SSSR count). The normalized spacial score (nSPS) is 15.5. The van der Waals surface area contributed by atoms with Gasteiger partial charge in [-0.3, -0.25) is 9.62 Å². The number of nitrogens with zero attached hydrogens (tertiary/aromatic N) is 1. The van der Waals surface area contributed by atoms with Gasteiger partial charge in [-0.05, 0) is 42.8 Å². The summed E-state index contributed by atoms with van der Waals surface area (Å²) < 4.78 is 40.0. The highest BCUT2D eigenvalue weighted by atomic mass is 32.2. The van der Waals surface area contributed by atoms with Gasteiger partial charge in [-0.15, -0.1) is 0 Å². The molecule has 7 nitrogen and oxygen atoms in total. The number of rotatable bonds is 6. The standard InChI is InChI=1S/C21H25N3O4S/c1-15-3-4-20(27-2)19(11-15)23-29(25,26)18-12-16-5-10-28-21(16)17(13-18)14-24-8-6-22-7-9-24/h3-5,10-13,22-23H,6-9,14H2,1-2H3. The first kappa shape index (κ1) is 19.8. The fourth-order valence-electron chi connectivity index (χ4n) is 3.61. The molecule has 1 fully saturated rings. The van der Waals surface area contributed by atoms with E-state index in [1.54, 1.807) is 36.6 Å². The number of benzene rings is 2. The number of hydrogen-bond donors (Lipinski definition) is 2. The van der Waals surface area contributed by atoms with Crippen LogP contribution in [0.4, 0.5) is 5.69 Å². The minimum atomic E-state index is -3.80. The fourth-order valence-corrected chi connectivity index (χ4v) is 4.76. The van der Waals surface area contributed by atoms with Crippen LogP contribution in [-0.2, 0) is 16.6 Å². The monoisotopic (exact) mass is 415 g/mol. The largest absolute Gasteiger partial charge is 0.495 e. The van der Waals surface area contributed by atoms with Crippen LogP contribution in [0.25, 0.3) is 11.0 Å². The van der Waals surface area contributed by atoms with Crippen molar-refractivity contribution < 1.29 is 17.6 Å². The van der Waals surface area contributed by atoms with Crippen LogP contribution in [0.15, 0.2) is 52.0 Å². The maximum atomic E-state index is 13.2. The minimum Gasteiger partial charge on any atom is -0.495 e. The number of sulfonamides is 1. The summed E-state index contributed by atoms with van der Waals surface area (Å²) in [6.07, 6.45) is 1.60. The molecule has 8 heteroatoms. The lowest BCUT2D eigenvalue weighted by atomic mass is 10.1. The smallest absolute Gasteiger partial charge is 0.262 e. The summed E-state index contributed by atoms with van der Waals surface area (Å²) in [5.74, 6) is 0.476. The van der Waals surface area contributed by atoms with Gasteiger partial charge < -0.3 is 14.5 Å². The number of furan rings is 1. The maximum absolute atomic E-state index is 13.2. The highest BCUT2D eigenvalue weighted by Crippen LogP contribution is 2.30. The molecule has 2 heterocycles. The Bertz CT molecular complexity index is 1120. The van der Waals surface area contributed by atoms with Crippen LogP contribution in [0.5, 0.6) is 5.75 Å². The van der Waals surface area contributed by atoms with Crippen molar-refractivity contribution in [1.82, 2.24) is 10.2 Å². The summed E-state index contributed by atoms with van der Waals surface area (Å²) in [7, 11) is -2.28. The van der Waals surface area contributed by atoms with Gasteiger partial charge in [0.15, 0.2) is 0 Å². The van der Waals surface area contributed by atoms with E-state index in [2.05, 4.69) is 14.9 Å². The Labute approximate surface area is 170 Å². The second kappa shape index (κ2) is 8.06. The maximum Gasteiger partial charge on any atom is 0.262 e. The van der Waals surface area contributed by atoms with Crippen molar-refractivity contribution in [2.24, 2.45) is 0 Å². The molecule has 2 N–H and O–H groups in total. The van der Waals surface area contributed by atoms with E-state index in [1.165, 1.54) is 7.11 Å². The summed E-state index contributed by atoms with van der Waals surface area (Å²) in [6, 6.07) is 10.5. The zero-order chi connectivity index (χ0) is 20.4. The van der Waals surface area contributed by atoms with Crippen LogP contribution in [-0.4, -0.2) is 46.6 Å². The van der Waals surface area contributed by atoms with E-state index >= 15 is 0 Å². The molecule has 3 aromatic rings. The second-order valence-electron chi connectivity index (χ2n) is 7.26. The van der Waals surface area contributed by atoms with Crippen LogP contribution in [0, 0.1) is 6.92 Å². The average Bonchev–Trinajstić information content (AvgIpc) is 3.18. The molecule has 2 aromatic carbocycles. The van der Waals surface area contributed by atoms with Crippen LogP contribution in [0.1, 0.15) is 11.1 Å². The van der Waals surface area contributed by atoms with E-state index in [0.717, 1.165) is 48.3 Å². The molecule has 0 unspecified atom stereocenters. The summed E-state index contributed by atoms with van der Waals surface area (Å²) >= 11 is 0. The Hall–Kier alpha value is -2.55. The van der Waals surface area contributed by atoms with Crippen molar-refractivity contribution in [2.45, 2.75) is 18.4 Å². The Balaban J connectivity index is 1.70. The van der Waals surface area contributed by atoms with Gasteiger partial charge in [0.1, 0.15) is 11.3 Å². The molecule has 0 atom stereocenters. The molecule has 0 amide bonds. The zero-order valence-corrected chi connectivity index (χ0v) is 17.4. The number of nitrogens with one attached hydrogen (secondary N) is 2. The highest BCUT2D eigenvalue weighted by Gasteiger charge is 2.21.